The van der Waals surface area contributed by atoms with Gasteiger partial charge >= 0.3 is 0 Å². The van der Waals surface area contributed by atoms with Gasteiger partial charge in [0.2, 0.25) is 0 Å². The van der Waals surface area contributed by atoms with Crippen molar-refractivity contribution < 1.29 is 13.6 Å². The Morgan fingerprint density at radius 1 is 1.21 bits per heavy atom. The van der Waals surface area contributed by atoms with Crippen molar-refractivity contribution in [2.24, 2.45) is 0 Å². The fourth-order valence-corrected chi connectivity index (χ4v) is 3.13. The van der Waals surface area contributed by atoms with Crippen molar-refractivity contribution in [1.82, 2.24) is 19.7 Å². The molecule has 0 bridgehead atoms. The third kappa shape index (κ3) is 2.42. The molecule has 1 saturated heterocycles. The number of halogens is 2. The predicted molar refractivity (Wildman–Crippen MR) is 83.4 cm³/mol. The molecule has 24 heavy (non-hydrogen) atoms. The van der Waals surface area contributed by atoms with Crippen LogP contribution in [0.2, 0.25) is 0 Å². The van der Waals surface area contributed by atoms with Crippen LogP contribution >= 0.6 is 0 Å². The number of aromatic nitrogens is 3. The topological polar surface area (TPSA) is 51.0 Å². The van der Waals surface area contributed by atoms with E-state index in [2.05, 4.69) is 10.1 Å². The molecule has 0 saturated carbocycles. The number of carbonyl (C=O) groups excluding carboxylic acids is 1. The Morgan fingerprint density at radius 3 is 2.88 bits per heavy atom. The van der Waals surface area contributed by atoms with E-state index < -0.39 is 17.5 Å². The normalized spacial score (nSPS) is 17.6. The number of para-hydroxylation sites is 1. The molecule has 4 rings (SSSR count). The first kappa shape index (κ1) is 14.7. The number of hydrogen-bond acceptors (Lipinski definition) is 3. The summed E-state index contributed by atoms with van der Waals surface area (Å²) in [6, 6.07) is 8.55. The zero-order valence-electron chi connectivity index (χ0n) is 12.7. The van der Waals surface area contributed by atoms with Gasteiger partial charge in [-0.05, 0) is 12.5 Å². The minimum atomic E-state index is -0.937. The van der Waals surface area contributed by atoms with Crippen LogP contribution in [0.25, 0.3) is 10.9 Å². The van der Waals surface area contributed by atoms with Gasteiger partial charge in [-0.3, -0.25) is 9.48 Å². The molecule has 3 heterocycles. The zero-order chi connectivity index (χ0) is 16.7. The maximum Gasteiger partial charge on any atom is 0.275 e. The van der Waals surface area contributed by atoms with Crippen molar-refractivity contribution in [3.8, 4) is 0 Å². The summed E-state index contributed by atoms with van der Waals surface area (Å²) in [6.45, 7) is 0.902. The van der Waals surface area contributed by atoms with Crippen molar-refractivity contribution in [3.05, 3.63) is 60.1 Å². The number of rotatable bonds is 2. The largest absolute Gasteiger partial charge is 0.335 e. The highest BCUT2D eigenvalue weighted by molar-refractivity contribution is 5.92. The van der Waals surface area contributed by atoms with Gasteiger partial charge in [0.1, 0.15) is 5.82 Å². The molecule has 2 aromatic heterocycles. The second-order valence-electron chi connectivity index (χ2n) is 5.83. The molecule has 1 atom stereocenters. The van der Waals surface area contributed by atoms with Crippen LogP contribution in [-0.4, -0.2) is 38.7 Å². The molecular formula is C17H14F2N4O. The highest BCUT2D eigenvalue weighted by atomic mass is 19.1. The number of nitrogens with zero attached hydrogens (tertiary/aromatic N) is 4. The Kier molecular flexibility index (Phi) is 3.48. The summed E-state index contributed by atoms with van der Waals surface area (Å²) in [6.07, 6.45) is 3.37. The van der Waals surface area contributed by atoms with E-state index in [4.69, 9.17) is 0 Å². The van der Waals surface area contributed by atoms with E-state index in [0.29, 0.717) is 19.2 Å². The summed E-state index contributed by atoms with van der Waals surface area (Å²) in [5, 5.41) is 5.45. The van der Waals surface area contributed by atoms with Crippen LogP contribution in [0, 0.1) is 11.6 Å². The smallest absolute Gasteiger partial charge is 0.275 e. The maximum atomic E-state index is 13.8. The van der Waals surface area contributed by atoms with E-state index in [9.17, 15) is 13.6 Å². The summed E-state index contributed by atoms with van der Waals surface area (Å²) in [5.74, 6) is -2.26. The molecule has 1 aliphatic heterocycles. The lowest BCUT2D eigenvalue weighted by Gasteiger charge is -2.17. The molecule has 3 aromatic rings. The predicted octanol–water partition coefficient (Wildman–Crippen LogP) is 2.80. The average Bonchev–Trinajstić information content (AvgIpc) is 3.21. The highest BCUT2D eigenvalue weighted by Crippen LogP contribution is 2.26. The fourth-order valence-electron chi connectivity index (χ4n) is 3.13. The first-order valence-corrected chi connectivity index (χ1v) is 7.66. The van der Waals surface area contributed by atoms with Gasteiger partial charge in [0, 0.05) is 24.5 Å². The van der Waals surface area contributed by atoms with Crippen LogP contribution in [0.1, 0.15) is 23.0 Å². The van der Waals surface area contributed by atoms with Gasteiger partial charge in [-0.2, -0.15) is 5.10 Å². The van der Waals surface area contributed by atoms with Gasteiger partial charge in [0.25, 0.3) is 5.91 Å². The molecule has 0 radical (unpaired) electrons. The van der Waals surface area contributed by atoms with E-state index in [1.54, 1.807) is 6.20 Å². The lowest BCUT2D eigenvalue weighted by Crippen LogP contribution is -2.30. The second-order valence-corrected chi connectivity index (χ2v) is 5.83. The Balaban J connectivity index is 1.57. The third-order valence-corrected chi connectivity index (χ3v) is 4.31. The number of amides is 1. The maximum absolute atomic E-state index is 13.8. The summed E-state index contributed by atoms with van der Waals surface area (Å²) >= 11 is 0. The Labute approximate surface area is 136 Å². The van der Waals surface area contributed by atoms with Crippen LogP contribution in [0.4, 0.5) is 8.78 Å². The van der Waals surface area contributed by atoms with Crippen LogP contribution in [0.15, 0.2) is 42.7 Å². The number of hydrogen-bond donors (Lipinski definition) is 0. The minimum Gasteiger partial charge on any atom is -0.335 e. The minimum absolute atomic E-state index is 0.0253. The fraction of sp³-hybridized carbons (Fsp3) is 0.235. The summed E-state index contributed by atoms with van der Waals surface area (Å²) < 4.78 is 28.6. The van der Waals surface area contributed by atoms with Gasteiger partial charge < -0.3 is 4.90 Å². The van der Waals surface area contributed by atoms with Crippen molar-refractivity contribution in [3.63, 3.8) is 0 Å². The quantitative estimate of drug-likeness (QED) is 0.727. The van der Waals surface area contributed by atoms with E-state index in [0.717, 1.165) is 23.5 Å². The van der Waals surface area contributed by atoms with Gasteiger partial charge in [0.15, 0.2) is 11.5 Å². The van der Waals surface area contributed by atoms with E-state index >= 15 is 0 Å². The number of benzene rings is 1. The number of fused-ring (bicyclic) bond motifs is 1. The van der Waals surface area contributed by atoms with Crippen molar-refractivity contribution >= 4 is 16.8 Å². The molecular weight excluding hydrogens is 314 g/mol. The average molecular weight is 328 g/mol. The second kappa shape index (κ2) is 5.67. The Morgan fingerprint density at radius 2 is 2.04 bits per heavy atom. The standard InChI is InChI=1S/C17H14F2N4O/c18-12-7-14(19)16(20-9-12)17(24)22-6-5-13(10-22)23-15-4-2-1-3-11(15)8-21-23/h1-4,7-9,13H,5-6,10H2. The molecule has 0 spiro atoms. The van der Waals surface area contributed by atoms with Crippen molar-refractivity contribution in [2.45, 2.75) is 12.5 Å². The SMILES string of the molecule is O=C(c1ncc(F)cc1F)N1CCC(n2ncc3ccccc32)C1. The van der Waals surface area contributed by atoms with Crippen LogP contribution in [-0.2, 0) is 0 Å². The lowest BCUT2D eigenvalue weighted by molar-refractivity contribution is 0.0776. The molecule has 1 fully saturated rings. The van der Waals surface area contributed by atoms with E-state index in [-0.39, 0.29) is 11.7 Å². The molecule has 0 N–H and O–H groups in total. The highest BCUT2D eigenvalue weighted by Gasteiger charge is 2.31. The molecule has 0 aliphatic carbocycles. The van der Waals surface area contributed by atoms with Crippen molar-refractivity contribution in [1.29, 1.82) is 0 Å². The monoisotopic (exact) mass is 328 g/mol. The third-order valence-electron chi connectivity index (χ3n) is 4.31. The van der Waals surface area contributed by atoms with Gasteiger partial charge in [-0.25, -0.2) is 13.8 Å². The first-order valence-electron chi connectivity index (χ1n) is 7.66. The zero-order valence-corrected chi connectivity index (χ0v) is 12.7. The summed E-state index contributed by atoms with van der Waals surface area (Å²) in [4.78, 5) is 17.6. The molecule has 122 valence electrons. The van der Waals surface area contributed by atoms with Crippen LogP contribution in [0.3, 0.4) is 0 Å². The Hall–Kier alpha value is -2.83. The number of pyridine rings is 1. The van der Waals surface area contributed by atoms with E-state index in [1.165, 1.54) is 4.90 Å². The molecule has 5 nitrogen and oxygen atoms in total. The molecule has 1 aromatic carbocycles. The van der Waals surface area contributed by atoms with Crippen molar-refractivity contribution in [2.75, 3.05) is 13.1 Å². The Bertz CT molecular complexity index is 924. The van der Waals surface area contributed by atoms with Crippen LogP contribution < -0.4 is 0 Å². The van der Waals surface area contributed by atoms with Crippen LogP contribution in [0.5, 0.6) is 0 Å². The summed E-state index contributed by atoms with van der Waals surface area (Å²) in [7, 11) is 0. The van der Waals surface area contributed by atoms with Gasteiger partial charge in [-0.1, -0.05) is 18.2 Å². The molecule has 1 unspecified atom stereocenters. The summed E-state index contributed by atoms with van der Waals surface area (Å²) in [5.41, 5.74) is 0.658. The van der Waals surface area contributed by atoms with E-state index in [1.807, 2.05) is 28.9 Å². The first-order chi connectivity index (χ1) is 11.6. The van der Waals surface area contributed by atoms with Gasteiger partial charge in [-0.15, -0.1) is 0 Å². The molecule has 1 amide bonds. The van der Waals surface area contributed by atoms with Gasteiger partial charge in [0.05, 0.1) is 24.0 Å². The number of carbonyl (C=O) groups is 1. The molecule has 7 heteroatoms. The molecule has 1 aliphatic rings. The number of likely N-dealkylation sites (tertiary alicyclic amines) is 1. The lowest BCUT2D eigenvalue weighted by atomic mass is 10.2.